The molecule has 1 aliphatic rings. The van der Waals surface area contributed by atoms with Crippen LogP contribution in [0.3, 0.4) is 0 Å². The van der Waals surface area contributed by atoms with E-state index < -0.39 is 10.2 Å². The van der Waals surface area contributed by atoms with Crippen molar-refractivity contribution in [3.8, 4) is 0 Å². The van der Waals surface area contributed by atoms with Crippen molar-refractivity contribution in [3.05, 3.63) is 12.3 Å². The molecule has 0 bridgehead atoms. The number of anilines is 2. The highest BCUT2D eigenvalue weighted by atomic mass is 35.5. The van der Waals surface area contributed by atoms with Crippen molar-refractivity contribution < 1.29 is 8.42 Å². The summed E-state index contributed by atoms with van der Waals surface area (Å²) in [5.74, 6) is 1.36. The Morgan fingerprint density at radius 3 is 2.57 bits per heavy atom. The van der Waals surface area contributed by atoms with Gasteiger partial charge >= 0.3 is 0 Å². The van der Waals surface area contributed by atoms with Crippen LogP contribution in [0.4, 0.5) is 11.8 Å². The lowest BCUT2D eigenvalue weighted by Crippen LogP contribution is -2.39. The molecular formula is C13H25ClN6O2S. The molecule has 132 valence electrons. The molecule has 1 aliphatic heterocycles. The molecule has 10 heteroatoms. The highest BCUT2D eigenvalue weighted by molar-refractivity contribution is 7.86. The third-order valence-electron chi connectivity index (χ3n) is 3.98. The van der Waals surface area contributed by atoms with Crippen LogP contribution in [0.2, 0.25) is 0 Å². The zero-order valence-electron chi connectivity index (χ0n) is 13.8. The number of rotatable bonds is 5. The van der Waals surface area contributed by atoms with E-state index in [0.29, 0.717) is 24.8 Å². The van der Waals surface area contributed by atoms with Gasteiger partial charge in [-0.15, -0.1) is 12.4 Å². The van der Waals surface area contributed by atoms with Crippen LogP contribution in [-0.4, -0.2) is 60.2 Å². The SMILES string of the molecule is CC(C)[C@H]1CN(S(=O)(=O)N(C)C)C[C@@H]1Nc1ccnc(N)n1.Cl. The van der Waals surface area contributed by atoms with Crippen LogP contribution in [0.15, 0.2) is 12.3 Å². The maximum atomic E-state index is 12.3. The monoisotopic (exact) mass is 364 g/mol. The minimum atomic E-state index is -3.41. The molecule has 0 aromatic carbocycles. The minimum Gasteiger partial charge on any atom is -0.368 e. The molecule has 2 atom stereocenters. The van der Waals surface area contributed by atoms with Gasteiger partial charge in [-0.05, 0) is 17.9 Å². The van der Waals surface area contributed by atoms with Gasteiger partial charge in [0.1, 0.15) is 5.82 Å². The minimum absolute atomic E-state index is 0. The molecule has 1 aromatic heterocycles. The molecule has 2 rings (SSSR count). The molecule has 0 spiro atoms. The van der Waals surface area contributed by atoms with Gasteiger partial charge in [0.25, 0.3) is 10.2 Å². The standard InChI is InChI=1S/C13H24N6O2S.ClH/c1-9(2)10-7-19(22(20,21)18(3)4)8-11(10)16-12-5-6-15-13(14)17-12;/h5-6,9-11H,7-8H2,1-4H3,(H3,14,15,16,17);1H/t10-,11+;/m1./s1. The molecule has 1 aromatic rings. The lowest BCUT2D eigenvalue weighted by Gasteiger charge is -2.23. The van der Waals surface area contributed by atoms with Gasteiger partial charge in [-0.2, -0.15) is 22.0 Å². The Balaban J connectivity index is 0.00000264. The topological polar surface area (TPSA) is 104 Å². The van der Waals surface area contributed by atoms with Crippen molar-refractivity contribution in [1.82, 2.24) is 18.6 Å². The molecule has 1 fully saturated rings. The maximum absolute atomic E-state index is 12.3. The second-order valence-corrected chi connectivity index (χ2v) is 8.21. The van der Waals surface area contributed by atoms with E-state index in [1.165, 1.54) is 8.61 Å². The lowest BCUT2D eigenvalue weighted by molar-refractivity contribution is 0.366. The summed E-state index contributed by atoms with van der Waals surface area (Å²) >= 11 is 0. The first kappa shape index (κ1) is 19.9. The smallest absolute Gasteiger partial charge is 0.281 e. The second-order valence-electron chi connectivity index (χ2n) is 6.07. The Kier molecular flexibility index (Phi) is 6.58. The van der Waals surface area contributed by atoms with Gasteiger partial charge < -0.3 is 11.1 Å². The van der Waals surface area contributed by atoms with Crippen molar-refractivity contribution >= 4 is 34.4 Å². The van der Waals surface area contributed by atoms with Crippen molar-refractivity contribution in [2.24, 2.45) is 11.8 Å². The van der Waals surface area contributed by atoms with Gasteiger partial charge in [0.05, 0.1) is 0 Å². The fourth-order valence-electron chi connectivity index (χ4n) is 2.68. The van der Waals surface area contributed by atoms with Crippen LogP contribution < -0.4 is 11.1 Å². The predicted octanol–water partition coefficient (Wildman–Crippen LogP) is 0.655. The largest absolute Gasteiger partial charge is 0.368 e. The van der Waals surface area contributed by atoms with Gasteiger partial charge in [0.2, 0.25) is 5.95 Å². The predicted molar refractivity (Wildman–Crippen MR) is 93.6 cm³/mol. The molecular weight excluding hydrogens is 340 g/mol. The summed E-state index contributed by atoms with van der Waals surface area (Å²) < 4.78 is 27.4. The lowest BCUT2D eigenvalue weighted by atomic mass is 9.91. The molecule has 3 N–H and O–H groups in total. The molecule has 0 unspecified atom stereocenters. The van der Waals surface area contributed by atoms with E-state index in [1.807, 2.05) is 0 Å². The molecule has 8 nitrogen and oxygen atoms in total. The number of nitrogens with zero attached hydrogens (tertiary/aromatic N) is 4. The van der Waals surface area contributed by atoms with Crippen LogP contribution in [0, 0.1) is 11.8 Å². The quantitative estimate of drug-likeness (QED) is 0.795. The van der Waals surface area contributed by atoms with Gasteiger partial charge in [0.15, 0.2) is 0 Å². The van der Waals surface area contributed by atoms with Crippen molar-refractivity contribution in [3.63, 3.8) is 0 Å². The van der Waals surface area contributed by atoms with Gasteiger partial charge in [-0.1, -0.05) is 13.8 Å². The van der Waals surface area contributed by atoms with Crippen molar-refractivity contribution in [2.45, 2.75) is 19.9 Å². The van der Waals surface area contributed by atoms with Gasteiger partial charge in [-0.3, -0.25) is 0 Å². The zero-order valence-corrected chi connectivity index (χ0v) is 15.4. The summed E-state index contributed by atoms with van der Waals surface area (Å²) in [7, 11) is -0.313. The number of hydrogen-bond acceptors (Lipinski definition) is 6. The average Bonchev–Trinajstić information content (AvgIpc) is 2.83. The Morgan fingerprint density at radius 2 is 2.04 bits per heavy atom. The number of nitrogens with two attached hydrogens (primary N) is 1. The number of nitrogen functional groups attached to an aromatic ring is 1. The second kappa shape index (κ2) is 7.61. The number of nitrogens with one attached hydrogen (secondary N) is 1. The van der Waals surface area contributed by atoms with Crippen LogP contribution in [0.5, 0.6) is 0 Å². The first-order valence-electron chi connectivity index (χ1n) is 7.24. The number of hydrogen-bond donors (Lipinski definition) is 2. The molecule has 0 saturated carbocycles. The molecule has 0 amide bonds. The van der Waals surface area contributed by atoms with Crippen LogP contribution >= 0.6 is 12.4 Å². The van der Waals surface area contributed by atoms with Crippen LogP contribution in [0.25, 0.3) is 0 Å². The van der Waals surface area contributed by atoms with E-state index in [4.69, 9.17) is 5.73 Å². The van der Waals surface area contributed by atoms with Gasteiger partial charge in [0, 0.05) is 39.4 Å². The maximum Gasteiger partial charge on any atom is 0.281 e. The Morgan fingerprint density at radius 1 is 1.39 bits per heavy atom. The van der Waals surface area contributed by atoms with Crippen molar-refractivity contribution in [2.75, 3.05) is 38.2 Å². The zero-order chi connectivity index (χ0) is 16.5. The highest BCUT2D eigenvalue weighted by Crippen LogP contribution is 2.29. The average molecular weight is 365 g/mol. The van der Waals surface area contributed by atoms with Crippen molar-refractivity contribution in [1.29, 1.82) is 0 Å². The Hall–Kier alpha value is -1.16. The fourth-order valence-corrected chi connectivity index (χ4v) is 3.85. The number of aromatic nitrogens is 2. The number of halogens is 1. The summed E-state index contributed by atoms with van der Waals surface area (Å²) in [6.45, 7) is 5.10. The molecule has 23 heavy (non-hydrogen) atoms. The normalized spacial score (nSPS) is 22.3. The summed E-state index contributed by atoms with van der Waals surface area (Å²) in [6, 6.07) is 1.72. The molecule has 0 aliphatic carbocycles. The third kappa shape index (κ3) is 4.43. The van der Waals surface area contributed by atoms with Crippen LogP contribution in [0.1, 0.15) is 13.8 Å². The molecule has 1 saturated heterocycles. The summed E-state index contributed by atoms with van der Waals surface area (Å²) in [6.07, 6.45) is 1.58. The Labute approximate surface area is 144 Å². The first-order valence-corrected chi connectivity index (χ1v) is 8.64. The summed E-state index contributed by atoms with van der Waals surface area (Å²) in [4.78, 5) is 7.99. The van der Waals surface area contributed by atoms with E-state index in [0.717, 1.165) is 0 Å². The van der Waals surface area contributed by atoms with E-state index >= 15 is 0 Å². The summed E-state index contributed by atoms with van der Waals surface area (Å²) in [5, 5.41) is 3.30. The van der Waals surface area contributed by atoms with Gasteiger partial charge in [-0.25, -0.2) is 4.98 Å². The third-order valence-corrected chi connectivity index (χ3v) is 5.86. The van der Waals surface area contributed by atoms with E-state index in [-0.39, 0.29) is 30.3 Å². The summed E-state index contributed by atoms with van der Waals surface area (Å²) in [5.41, 5.74) is 5.59. The van der Waals surface area contributed by atoms with E-state index in [9.17, 15) is 8.42 Å². The first-order chi connectivity index (χ1) is 10.2. The fraction of sp³-hybridized carbons (Fsp3) is 0.692. The highest BCUT2D eigenvalue weighted by Gasteiger charge is 2.40. The van der Waals surface area contributed by atoms with Crippen LogP contribution in [-0.2, 0) is 10.2 Å². The molecule has 0 radical (unpaired) electrons. The molecule has 2 heterocycles. The van der Waals surface area contributed by atoms with E-state index in [1.54, 1.807) is 26.4 Å². The Bertz CT molecular complexity index is 625. The van der Waals surface area contributed by atoms with E-state index in [2.05, 4.69) is 29.1 Å².